The van der Waals surface area contributed by atoms with E-state index in [4.69, 9.17) is 9.47 Å². The van der Waals surface area contributed by atoms with E-state index in [-0.39, 0.29) is 31.8 Å². The largest absolute Gasteiger partial charge is 0.466 e. The molecule has 2 unspecified atom stereocenters. The van der Waals surface area contributed by atoms with Crippen molar-refractivity contribution in [3.63, 3.8) is 0 Å². The third-order valence-corrected chi connectivity index (χ3v) is 4.91. The Bertz CT molecular complexity index is 637. The van der Waals surface area contributed by atoms with Crippen LogP contribution in [0.1, 0.15) is 50.3 Å². The molecule has 0 bridgehead atoms. The molecule has 0 aromatic heterocycles. The van der Waals surface area contributed by atoms with Gasteiger partial charge in [-0.05, 0) is 57.8 Å². The van der Waals surface area contributed by atoms with E-state index in [1.54, 1.807) is 26.0 Å². The van der Waals surface area contributed by atoms with Gasteiger partial charge < -0.3 is 24.2 Å². The number of alkyl halides is 2. The molecule has 0 saturated carbocycles. The number of ether oxygens (including phenoxy) is 3. The summed E-state index contributed by atoms with van der Waals surface area (Å²) < 4.78 is 41.0. The Balaban J connectivity index is 2.04. The minimum absolute atomic E-state index is 0.0230. The summed E-state index contributed by atoms with van der Waals surface area (Å²) in [5, 5.41) is 10.2. The van der Waals surface area contributed by atoms with Crippen LogP contribution in [0.3, 0.4) is 0 Å². The zero-order chi connectivity index (χ0) is 21.2. The van der Waals surface area contributed by atoms with Gasteiger partial charge in [0.15, 0.2) is 0 Å². The molecule has 1 aliphatic heterocycles. The van der Waals surface area contributed by atoms with Crippen molar-refractivity contribution in [3.05, 3.63) is 29.3 Å². The van der Waals surface area contributed by atoms with Crippen LogP contribution in [-0.2, 0) is 20.7 Å². The summed E-state index contributed by atoms with van der Waals surface area (Å²) in [6.07, 6.45) is 1.45. The van der Waals surface area contributed by atoms with Gasteiger partial charge in [0.1, 0.15) is 5.75 Å². The number of aliphatic hydroxyl groups excluding tert-OH is 1. The standard InChI is InChI=1S/C21H31F2NO5/c1-3-27-20(26)10-9-18-17(7-6-8-19(18)29-21(22)23)15(2)28-14-16(25)13-24-11-4-5-12-24/h6-8,15-16,21,25H,3-5,9-14H2,1-2H3. The summed E-state index contributed by atoms with van der Waals surface area (Å²) in [4.78, 5) is 13.9. The fourth-order valence-corrected chi connectivity index (χ4v) is 3.56. The van der Waals surface area contributed by atoms with Crippen molar-refractivity contribution in [2.75, 3.05) is 32.8 Å². The number of β-amino-alcohol motifs (C(OH)–C–C–N with tert-alkyl or cyclic N) is 1. The monoisotopic (exact) mass is 415 g/mol. The molecule has 0 amide bonds. The molecule has 1 aliphatic rings. The SMILES string of the molecule is CCOC(=O)CCc1c(OC(F)F)cccc1C(C)OCC(O)CN1CCCC1. The van der Waals surface area contributed by atoms with Crippen molar-refractivity contribution in [1.29, 1.82) is 0 Å². The fourth-order valence-electron chi connectivity index (χ4n) is 3.56. The van der Waals surface area contributed by atoms with E-state index in [1.807, 2.05) is 0 Å². The fraction of sp³-hybridized carbons (Fsp3) is 0.667. The van der Waals surface area contributed by atoms with Gasteiger partial charge in [0.05, 0.1) is 25.4 Å². The molecule has 2 rings (SSSR count). The van der Waals surface area contributed by atoms with Gasteiger partial charge in [0.25, 0.3) is 0 Å². The molecule has 1 heterocycles. The number of nitrogens with zero attached hydrogens (tertiary/aromatic N) is 1. The average Bonchev–Trinajstić information content (AvgIpc) is 3.17. The van der Waals surface area contributed by atoms with E-state index < -0.39 is 24.8 Å². The van der Waals surface area contributed by atoms with Crippen molar-refractivity contribution in [1.82, 2.24) is 4.90 Å². The number of hydrogen-bond donors (Lipinski definition) is 1. The lowest BCUT2D eigenvalue weighted by molar-refractivity contribution is -0.143. The number of esters is 1. The van der Waals surface area contributed by atoms with Crippen molar-refractivity contribution in [2.45, 2.75) is 58.4 Å². The number of benzene rings is 1. The number of halogens is 2. The highest BCUT2D eigenvalue weighted by Gasteiger charge is 2.21. The number of rotatable bonds is 12. The van der Waals surface area contributed by atoms with Gasteiger partial charge in [-0.2, -0.15) is 8.78 Å². The average molecular weight is 415 g/mol. The normalized spacial score (nSPS) is 16.8. The lowest BCUT2D eigenvalue weighted by Crippen LogP contribution is -2.33. The molecule has 1 saturated heterocycles. The second-order valence-electron chi connectivity index (χ2n) is 7.14. The maximum atomic E-state index is 12.8. The maximum absolute atomic E-state index is 12.8. The van der Waals surface area contributed by atoms with Crippen LogP contribution in [0, 0.1) is 0 Å². The summed E-state index contributed by atoms with van der Waals surface area (Å²) in [6.45, 7) is 3.44. The number of likely N-dealkylation sites (tertiary alicyclic amines) is 1. The third kappa shape index (κ3) is 7.87. The van der Waals surface area contributed by atoms with Gasteiger partial charge in [-0.1, -0.05) is 12.1 Å². The van der Waals surface area contributed by atoms with E-state index >= 15 is 0 Å². The van der Waals surface area contributed by atoms with Crippen molar-refractivity contribution >= 4 is 5.97 Å². The molecule has 0 aliphatic carbocycles. The molecule has 1 aromatic carbocycles. The van der Waals surface area contributed by atoms with Gasteiger partial charge in [0.2, 0.25) is 0 Å². The highest BCUT2D eigenvalue weighted by molar-refractivity contribution is 5.70. The lowest BCUT2D eigenvalue weighted by atomic mass is 9.98. The number of carbonyl (C=O) groups is 1. The predicted octanol–water partition coefficient (Wildman–Crippen LogP) is 3.32. The molecule has 1 aromatic rings. The van der Waals surface area contributed by atoms with Crippen LogP contribution in [0.15, 0.2) is 18.2 Å². The zero-order valence-electron chi connectivity index (χ0n) is 17.1. The van der Waals surface area contributed by atoms with E-state index in [9.17, 15) is 18.7 Å². The molecule has 0 radical (unpaired) electrons. The number of aliphatic hydroxyl groups is 1. The van der Waals surface area contributed by atoms with Gasteiger partial charge in [-0.25, -0.2) is 0 Å². The van der Waals surface area contributed by atoms with Gasteiger partial charge in [-0.3, -0.25) is 4.79 Å². The Hall–Kier alpha value is -1.77. The minimum atomic E-state index is -2.97. The Labute approximate surface area is 170 Å². The van der Waals surface area contributed by atoms with Crippen LogP contribution in [-0.4, -0.2) is 61.5 Å². The van der Waals surface area contributed by atoms with Gasteiger partial charge in [-0.15, -0.1) is 0 Å². The summed E-state index contributed by atoms with van der Waals surface area (Å²) >= 11 is 0. The summed E-state index contributed by atoms with van der Waals surface area (Å²) in [6, 6.07) is 4.82. The van der Waals surface area contributed by atoms with Gasteiger partial charge in [0, 0.05) is 18.5 Å². The van der Waals surface area contributed by atoms with E-state index in [0.717, 1.165) is 25.9 Å². The number of hydrogen-bond acceptors (Lipinski definition) is 6. The predicted molar refractivity (Wildman–Crippen MR) is 104 cm³/mol. The molecule has 29 heavy (non-hydrogen) atoms. The Kier molecular flexibility index (Phi) is 9.76. The summed E-state index contributed by atoms with van der Waals surface area (Å²) in [5.74, 6) is -0.380. The minimum Gasteiger partial charge on any atom is -0.466 e. The second kappa shape index (κ2) is 12.0. The van der Waals surface area contributed by atoms with E-state index in [0.29, 0.717) is 17.7 Å². The molecule has 164 valence electrons. The Morgan fingerprint density at radius 1 is 1.28 bits per heavy atom. The first kappa shape index (κ1) is 23.5. The van der Waals surface area contributed by atoms with Crippen LogP contribution >= 0.6 is 0 Å². The first-order chi connectivity index (χ1) is 13.9. The first-order valence-corrected chi connectivity index (χ1v) is 10.1. The molecule has 6 nitrogen and oxygen atoms in total. The quantitative estimate of drug-likeness (QED) is 0.528. The van der Waals surface area contributed by atoms with Crippen LogP contribution in [0.5, 0.6) is 5.75 Å². The first-order valence-electron chi connectivity index (χ1n) is 10.1. The smallest absolute Gasteiger partial charge is 0.387 e. The zero-order valence-corrected chi connectivity index (χ0v) is 17.1. The van der Waals surface area contributed by atoms with Gasteiger partial charge >= 0.3 is 12.6 Å². The third-order valence-electron chi connectivity index (χ3n) is 4.91. The van der Waals surface area contributed by atoms with Crippen molar-refractivity contribution < 1.29 is 32.9 Å². The summed E-state index contributed by atoms with van der Waals surface area (Å²) in [7, 11) is 0. The topological polar surface area (TPSA) is 68.2 Å². The van der Waals surface area contributed by atoms with Crippen molar-refractivity contribution in [2.24, 2.45) is 0 Å². The maximum Gasteiger partial charge on any atom is 0.387 e. The van der Waals surface area contributed by atoms with Crippen LogP contribution in [0.2, 0.25) is 0 Å². The van der Waals surface area contributed by atoms with Crippen LogP contribution in [0.25, 0.3) is 0 Å². The highest BCUT2D eigenvalue weighted by Crippen LogP contribution is 2.31. The number of carbonyl (C=O) groups excluding carboxylic acids is 1. The Morgan fingerprint density at radius 3 is 2.66 bits per heavy atom. The van der Waals surface area contributed by atoms with Crippen LogP contribution in [0.4, 0.5) is 8.78 Å². The molecule has 0 spiro atoms. The lowest BCUT2D eigenvalue weighted by Gasteiger charge is -2.23. The molecule has 8 heteroatoms. The second-order valence-corrected chi connectivity index (χ2v) is 7.14. The van der Waals surface area contributed by atoms with Crippen LogP contribution < -0.4 is 4.74 Å². The van der Waals surface area contributed by atoms with Crippen molar-refractivity contribution in [3.8, 4) is 5.75 Å². The molecular weight excluding hydrogens is 384 g/mol. The van der Waals surface area contributed by atoms with E-state index in [1.165, 1.54) is 6.07 Å². The molecule has 1 N–H and O–H groups in total. The Morgan fingerprint density at radius 2 is 2.00 bits per heavy atom. The molecule has 1 fully saturated rings. The molecule has 2 atom stereocenters. The highest BCUT2D eigenvalue weighted by atomic mass is 19.3. The molecular formula is C21H31F2NO5. The summed E-state index contributed by atoms with van der Waals surface area (Å²) in [5.41, 5.74) is 1.14. The van der Waals surface area contributed by atoms with E-state index in [2.05, 4.69) is 9.64 Å².